The summed E-state index contributed by atoms with van der Waals surface area (Å²) < 4.78 is 1.24. The Morgan fingerprint density at radius 1 is 0.857 bits per heavy atom. The summed E-state index contributed by atoms with van der Waals surface area (Å²) in [5.41, 5.74) is 7.72. The third-order valence-corrected chi connectivity index (χ3v) is 5.68. The van der Waals surface area contributed by atoms with E-state index in [-0.39, 0.29) is 10.8 Å². The zero-order chi connectivity index (χ0) is 21.1. The molecule has 28 heavy (non-hydrogen) atoms. The van der Waals surface area contributed by atoms with Gasteiger partial charge in [0.2, 0.25) is 0 Å². The zero-order valence-corrected chi connectivity index (χ0v) is 20.5. The molecule has 0 atom stereocenters. The lowest BCUT2D eigenvalue weighted by molar-refractivity contribution is 0.519. The molecule has 0 unspecified atom stereocenters. The van der Waals surface area contributed by atoms with E-state index < -0.39 is 0 Å². The van der Waals surface area contributed by atoms with Crippen LogP contribution < -0.4 is 0 Å². The molecule has 1 heteroatoms. The van der Waals surface area contributed by atoms with Gasteiger partial charge in [-0.15, -0.1) is 0 Å². The first-order valence-corrected chi connectivity index (χ1v) is 11.0. The molecule has 2 rings (SSSR count). The minimum absolute atomic E-state index is 0.0838. The molecule has 0 aliphatic carbocycles. The Hall–Kier alpha value is -1.61. The number of hydrogen-bond donors (Lipinski definition) is 0. The number of allylic oxidation sites excluding steroid dienone is 5. The predicted octanol–water partition coefficient (Wildman–Crippen LogP) is 8.82. The molecular weight excluding hydrogens is 451 g/mol. The highest BCUT2D eigenvalue weighted by molar-refractivity contribution is 14.1. The topological polar surface area (TPSA) is 0 Å². The third kappa shape index (κ3) is 5.94. The van der Waals surface area contributed by atoms with Crippen LogP contribution in [0.4, 0.5) is 0 Å². The first-order valence-electron chi connectivity index (χ1n) is 9.87. The maximum Gasteiger partial charge on any atom is 0.0142 e. The second-order valence-electron chi connectivity index (χ2n) is 9.41. The van der Waals surface area contributed by atoms with Gasteiger partial charge in [0, 0.05) is 3.57 Å². The number of hydrogen-bond acceptors (Lipinski definition) is 0. The highest BCUT2D eigenvalue weighted by atomic mass is 127. The lowest BCUT2D eigenvalue weighted by Crippen LogP contribution is -2.10. The molecule has 0 fully saturated rings. The molecule has 0 aliphatic rings. The maximum atomic E-state index is 4.22. The molecule has 0 heterocycles. The third-order valence-electron chi connectivity index (χ3n) is 5.05. The van der Waals surface area contributed by atoms with Crippen LogP contribution in [0.5, 0.6) is 0 Å². The van der Waals surface area contributed by atoms with Gasteiger partial charge < -0.3 is 0 Å². The van der Waals surface area contributed by atoms with E-state index in [2.05, 4.69) is 138 Å². The van der Waals surface area contributed by atoms with Crippen LogP contribution in [0.1, 0.15) is 59.6 Å². The van der Waals surface area contributed by atoms with Crippen molar-refractivity contribution in [3.63, 3.8) is 0 Å². The maximum absolute atomic E-state index is 4.22. The Balaban J connectivity index is 2.39. The Bertz CT molecular complexity index is 895. The van der Waals surface area contributed by atoms with Crippen molar-refractivity contribution in [2.75, 3.05) is 0 Å². The van der Waals surface area contributed by atoms with Crippen molar-refractivity contribution in [1.29, 1.82) is 0 Å². The molecular formula is C27H33I. The van der Waals surface area contributed by atoms with Gasteiger partial charge in [0.1, 0.15) is 0 Å². The second-order valence-corrected chi connectivity index (χ2v) is 10.7. The molecule has 148 valence electrons. The van der Waals surface area contributed by atoms with Gasteiger partial charge in [-0.2, -0.15) is 0 Å². The summed E-state index contributed by atoms with van der Waals surface area (Å²) in [4.78, 5) is 0. The standard InChI is InChI=1S/C27H33I/c1-9-20(11-10-19(2)26(3,4)5)22-16-23(18-25(28)17-22)21-12-14-24(15-13-21)27(6,7)8/h9-18H,2H2,1,3-8H3/b11-10-,20-9+. The van der Waals surface area contributed by atoms with Crippen LogP contribution >= 0.6 is 22.6 Å². The number of benzene rings is 2. The Kier molecular flexibility index (Phi) is 7.14. The fourth-order valence-corrected chi connectivity index (χ4v) is 3.56. The molecule has 0 saturated carbocycles. The molecule has 2 aromatic carbocycles. The van der Waals surface area contributed by atoms with E-state index in [0.717, 1.165) is 5.57 Å². The van der Waals surface area contributed by atoms with E-state index in [1.54, 1.807) is 0 Å². The molecule has 0 saturated heterocycles. The molecule has 0 amide bonds. The van der Waals surface area contributed by atoms with Gasteiger partial charge in [-0.1, -0.05) is 90.6 Å². The summed E-state index contributed by atoms with van der Waals surface area (Å²) in [5.74, 6) is 0. The summed E-state index contributed by atoms with van der Waals surface area (Å²) in [6, 6.07) is 15.8. The van der Waals surface area contributed by atoms with Crippen molar-refractivity contribution in [2.45, 2.75) is 53.9 Å². The normalized spacial score (nSPS) is 13.2. The van der Waals surface area contributed by atoms with Crippen molar-refractivity contribution in [1.82, 2.24) is 0 Å². The van der Waals surface area contributed by atoms with Gasteiger partial charge in [-0.25, -0.2) is 0 Å². The lowest BCUT2D eigenvalue weighted by Gasteiger charge is -2.19. The van der Waals surface area contributed by atoms with E-state index in [4.69, 9.17) is 0 Å². The molecule has 0 aliphatic heterocycles. The highest BCUT2D eigenvalue weighted by Crippen LogP contribution is 2.31. The van der Waals surface area contributed by atoms with Crippen LogP contribution in [0.3, 0.4) is 0 Å². The summed E-state index contributed by atoms with van der Waals surface area (Å²) in [7, 11) is 0. The van der Waals surface area contributed by atoms with Gasteiger partial charge in [0.05, 0.1) is 0 Å². The highest BCUT2D eigenvalue weighted by Gasteiger charge is 2.14. The average Bonchev–Trinajstić information content (AvgIpc) is 2.60. The van der Waals surface area contributed by atoms with Gasteiger partial charge in [-0.05, 0) is 91.9 Å². The van der Waals surface area contributed by atoms with E-state index in [1.807, 2.05) is 0 Å². The van der Waals surface area contributed by atoms with Crippen LogP contribution in [0, 0.1) is 8.99 Å². The smallest absolute Gasteiger partial charge is 0.0142 e. The molecule has 0 nitrogen and oxygen atoms in total. The summed E-state index contributed by atoms with van der Waals surface area (Å²) in [6.45, 7) is 19.7. The van der Waals surface area contributed by atoms with Gasteiger partial charge in [0.25, 0.3) is 0 Å². The van der Waals surface area contributed by atoms with Crippen molar-refractivity contribution >= 4 is 28.2 Å². The molecule has 0 bridgehead atoms. The van der Waals surface area contributed by atoms with Crippen LogP contribution in [-0.2, 0) is 5.41 Å². The van der Waals surface area contributed by atoms with Crippen molar-refractivity contribution < 1.29 is 0 Å². The first-order chi connectivity index (χ1) is 12.9. The van der Waals surface area contributed by atoms with Gasteiger partial charge >= 0.3 is 0 Å². The van der Waals surface area contributed by atoms with E-state index in [1.165, 1.54) is 31.4 Å². The zero-order valence-electron chi connectivity index (χ0n) is 18.4. The largest absolute Gasteiger partial charge is 0.0953 e. The summed E-state index contributed by atoms with van der Waals surface area (Å²) in [6.07, 6.45) is 6.50. The molecule has 0 N–H and O–H groups in total. The lowest BCUT2D eigenvalue weighted by atomic mass is 9.86. The Labute approximate surface area is 185 Å². The monoisotopic (exact) mass is 484 g/mol. The molecule has 0 aromatic heterocycles. The van der Waals surface area contributed by atoms with Gasteiger partial charge in [0.15, 0.2) is 0 Å². The van der Waals surface area contributed by atoms with Crippen LogP contribution in [-0.4, -0.2) is 0 Å². The number of halogens is 1. The fourth-order valence-electron chi connectivity index (χ4n) is 2.89. The van der Waals surface area contributed by atoms with E-state index >= 15 is 0 Å². The fraction of sp³-hybridized carbons (Fsp3) is 0.333. The van der Waals surface area contributed by atoms with Crippen LogP contribution in [0.2, 0.25) is 0 Å². The van der Waals surface area contributed by atoms with Crippen LogP contribution in [0.15, 0.2) is 72.8 Å². The molecule has 2 aromatic rings. The Morgan fingerprint density at radius 2 is 1.46 bits per heavy atom. The summed E-state index contributed by atoms with van der Waals surface area (Å²) >= 11 is 2.41. The average molecular weight is 484 g/mol. The molecule has 0 spiro atoms. The Morgan fingerprint density at radius 3 is 1.96 bits per heavy atom. The van der Waals surface area contributed by atoms with E-state index in [0.29, 0.717) is 0 Å². The SMILES string of the molecule is C=C(/C=C\C(=C/C)c1cc(I)cc(-c2ccc(C(C)(C)C)cc2)c1)C(C)(C)C. The number of rotatable bonds is 4. The summed E-state index contributed by atoms with van der Waals surface area (Å²) in [5, 5.41) is 0. The predicted molar refractivity (Wildman–Crippen MR) is 135 cm³/mol. The first kappa shape index (κ1) is 22.7. The molecule has 0 radical (unpaired) electrons. The van der Waals surface area contributed by atoms with Gasteiger partial charge in [-0.3, -0.25) is 0 Å². The quantitative estimate of drug-likeness (QED) is 0.300. The van der Waals surface area contributed by atoms with Crippen LogP contribution in [0.25, 0.3) is 16.7 Å². The second kappa shape index (κ2) is 8.82. The van der Waals surface area contributed by atoms with Crippen molar-refractivity contribution in [3.8, 4) is 11.1 Å². The van der Waals surface area contributed by atoms with Crippen molar-refractivity contribution in [2.24, 2.45) is 5.41 Å². The minimum Gasteiger partial charge on any atom is -0.0953 e. The minimum atomic E-state index is 0.0838. The van der Waals surface area contributed by atoms with Crippen molar-refractivity contribution in [3.05, 3.63) is 87.5 Å². The van der Waals surface area contributed by atoms with E-state index in [9.17, 15) is 0 Å².